The Labute approximate surface area is 210 Å². The van der Waals surface area contributed by atoms with E-state index in [1.807, 2.05) is 19.1 Å². The van der Waals surface area contributed by atoms with Crippen LogP contribution in [0.2, 0.25) is 0 Å². The molecule has 1 fully saturated rings. The number of halogens is 1. The number of nitrogens with zero attached hydrogens (tertiary/aromatic N) is 3. The van der Waals surface area contributed by atoms with Crippen molar-refractivity contribution in [1.29, 1.82) is 0 Å². The Kier molecular flexibility index (Phi) is 6.89. The molecule has 1 amide bonds. The number of benzene rings is 2. The molecule has 0 spiro atoms. The van der Waals surface area contributed by atoms with Crippen LogP contribution in [0.25, 0.3) is 5.65 Å². The van der Waals surface area contributed by atoms with Gasteiger partial charge in [0.1, 0.15) is 11.4 Å². The van der Waals surface area contributed by atoms with Crippen LogP contribution in [0.1, 0.15) is 53.0 Å². The maximum absolute atomic E-state index is 14.1. The van der Waals surface area contributed by atoms with E-state index in [0.717, 1.165) is 37.2 Å². The number of fused-ring (bicyclic) bond motifs is 1. The molecule has 0 saturated carbocycles. The van der Waals surface area contributed by atoms with Gasteiger partial charge in [0, 0.05) is 31.5 Å². The highest BCUT2D eigenvalue weighted by atomic mass is 19.1. The van der Waals surface area contributed by atoms with Gasteiger partial charge in [-0.1, -0.05) is 31.2 Å². The third kappa shape index (κ3) is 4.78. The Bertz CT molecular complexity index is 1340. The highest BCUT2D eigenvalue weighted by molar-refractivity contribution is 5.94. The fraction of sp³-hybridized carbons (Fsp3) is 0.310. The Morgan fingerprint density at radius 1 is 1.08 bits per heavy atom. The summed E-state index contributed by atoms with van der Waals surface area (Å²) in [6, 6.07) is 19.7. The summed E-state index contributed by atoms with van der Waals surface area (Å²) >= 11 is 0. The van der Waals surface area contributed by atoms with Gasteiger partial charge in [0.05, 0.1) is 12.8 Å². The van der Waals surface area contributed by atoms with E-state index in [1.165, 1.54) is 21.7 Å². The second kappa shape index (κ2) is 10.4. The summed E-state index contributed by atoms with van der Waals surface area (Å²) in [7, 11) is 1.69. The van der Waals surface area contributed by atoms with Crippen LogP contribution in [0.4, 0.5) is 10.1 Å². The minimum Gasteiger partial charge on any atom is -0.497 e. The Balaban J connectivity index is 1.19. The van der Waals surface area contributed by atoms with Crippen LogP contribution < -0.4 is 15.0 Å². The van der Waals surface area contributed by atoms with Gasteiger partial charge in [-0.3, -0.25) is 9.20 Å². The van der Waals surface area contributed by atoms with Crippen molar-refractivity contribution in [1.82, 2.24) is 14.7 Å². The van der Waals surface area contributed by atoms with E-state index < -0.39 is 5.82 Å². The van der Waals surface area contributed by atoms with Gasteiger partial charge in [0.2, 0.25) is 0 Å². The van der Waals surface area contributed by atoms with Gasteiger partial charge in [-0.25, -0.2) is 9.37 Å². The number of carbonyl (C=O) groups is 1. The number of methoxy groups -OCH3 is 1. The predicted molar refractivity (Wildman–Crippen MR) is 139 cm³/mol. The van der Waals surface area contributed by atoms with E-state index in [0.29, 0.717) is 30.3 Å². The first-order valence-electron chi connectivity index (χ1n) is 12.5. The number of carbonyl (C=O) groups excluding carboxylic acids is 1. The standard InChI is InChI=1S/C29H31FN4O2/c1-3-26-27(34-16-4-5-25(30)28(34)32-26)29(35)31-19-20-6-10-23(11-7-20)33-17-14-22(15-18-33)21-8-12-24(36-2)13-9-21/h4-13,16,22H,3,14-15,17-19H2,1-2H3,(H,31,35). The lowest BCUT2D eigenvalue weighted by Crippen LogP contribution is -2.32. The molecule has 36 heavy (non-hydrogen) atoms. The minimum atomic E-state index is -0.435. The normalized spacial score (nSPS) is 14.2. The summed E-state index contributed by atoms with van der Waals surface area (Å²) in [5.41, 5.74) is 4.75. The van der Waals surface area contributed by atoms with Gasteiger partial charge in [-0.15, -0.1) is 0 Å². The number of aryl methyl sites for hydroxylation is 1. The van der Waals surface area contributed by atoms with E-state index in [1.54, 1.807) is 19.4 Å². The van der Waals surface area contributed by atoms with E-state index in [-0.39, 0.29) is 11.6 Å². The molecular formula is C29H31FN4O2. The molecule has 1 saturated heterocycles. The van der Waals surface area contributed by atoms with Crippen molar-refractivity contribution in [3.63, 3.8) is 0 Å². The first kappa shape index (κ1) is 23.9. The number of pyridine rings is 1. The molecule has 186 valence electrons. The monoisotopic (exact) mass is 486 g/mol. The number of imidazole rings is 1. The van der Waals surface area contributed by atoms with Crippen molar-refractivity contribution in [2.75, 3.05) is 25.1 Å². The molecular weight excluding hydrogens is 455 g/mol. The fourth-order valence-electron chi connectivity index (χ4n) is 5.01. The van der Waals surface area contributed by atoms with Crippen molar-refractivity contribution in [3.8, 4) is 5.75 Å². The molecule has 0 aliphatic carbocycles. The maximum atomic E-state index is 14.1. The molecule has 3 heterocycles. The average Bonchev–Trinajstić information content (AvgIpc) is 3.32. The molecule has 4 aromatic rings. The molecule has 0 bridgehead atoms. The lowest BCUT2D eigenvalue weighted by molar-refractivity contribution is 0.0944. The zero-order valence-electron chi connectivity index (χ0n) is 20.7. The zero-order chi connectivity index (χ0) is 25.1. The lowest BCUT2D eigenvalue weighted by Gasteiger charge is -2.34. The molecule has 1 aliphatic heterocycles. The quantitative estimate of drug-likeness (QED) is 0.382. The van der Waals surface area contributed by atoms with E-state index in [2.05, 4.69) is 51.6 Å². The molecule has 2 aromatic carbocycles. The third-order valence-electron chi connectivity index (χ3n) is 7.06. The van der Waals surface area contributed by atoms with Crippen molar-refractivity contribution in [3.05, 3.63) is 95.2 Å². The molecule has 6 nitrogen and oxygen atoms in total. The smallest absolute Gasteiger partial charge is 0.270 e. The molecule has 0 radical (unpaired) electrons. The second-order valence-electron chi connectivity index (χ2n) is 9.19. The van der Waals surface area contributed by atoms with Crippen LogP contribution in [0.15, 0.2) is 66.9 Å². The van der Waals surface area contributed by atoms with Gasteiger partial charge in [0.25, 0.3) is 5.91 Å². The molecule has 0 atom stereocenters. The van der Waals surface area contributed by atoms with Crippen LogP contribution in [0, 0.1) is 5.82 Å². The summed E-state index contributed by atoms with van der Waals surface area (Å²) in [6.07, 6.45) is 4.45. The topological polar surface area (TPSA) is 58.9 Å². The van der Waals surface area contributed by atoms with Crippen molar-refractivity contribution in [2.24, 2.45) is 0 Å². The summed E-state index contributed by atoms with van der Waals surface area (Å²) < 4.78 is 20.9. The zero-order valence-corrected chi connectivity index (χ0v) is 20.7. The molecule has 2 aromatic heterocycles. The number of hydrogen-bond donors (Lipinski definition) is 1. The minimum absolute atomic E-state index is 0.180. The van der Waals surface area contributed by atoms with Crippen LogP contribution in [0.3, 0.4) is 0 Å². The van der Waals surface area contributed by atoms with Gasteiger partial charge >= 0.3 is 0 Å². The summed E-state index contributed by atoms with van der Waals surface area (Å²) in [6.45, 7) is 4.33. The number of nitrogens with one attached hydrogen (secondary N) is 1. The number of rotatable bonds is 7. The highest BCUT2D eigenvalue weighted by Crippen LogP contribution is 2.31. The van der Waals surface area contributed by atoms with E-state index in [4.69, 9.17) is 4.74 Å². The van der Waals surface area contributed by atoms with Gasteiger partial charge in [0.15, 0.2) is 11.5 Å². The van der Waals surface area contributed by atoms with E-state index in [9.17, 15) is 9.18 Å². The molecule has 1 aliphatic rings. The largest absolute Gasteiger partial charge is 0.497 e. The van der Waals surface area contributed by atoms with Crippen molar-refractivity contribution >= 4 is 17.2 Å². The highest BCUT2D eigenvalue weighted by Gasteiger charge is 2.22. The van der Waals surface area contributed by atoms with E-state index >= 15 is 0 Å². The Hall–Kier alpha value is -3.87. The lowest BCUT2D eigenvalue weighted by atomic mass is 9.89. The summed E-state index contributed by atoms with van der Waals surface area (Å²) in [5, 5.41) is 2.97. The molecule has 0 unspecified atom stereocenters. The SMILES string of the molecule is CCc1nc2c(F)cccn2c1C(=O)NCc1ccc(N2CCC(c3ccc(OC)cc3)CC2)cc1. The predicted octanol–water partition coefficient (Wildman–Crippen LogP) is 5.36. The number of hydrogen-bond acceptors (Lipinski definition) is 4. The van der Waals surface area contributed by atoms with Gasteiger partial charge < -0.3 is 15.0 Å². The first-order valence-corrected chi connectivity index (χ1v) is 12.5. The second-order valence-corrected chi connectivity index (χ2v) is 9.19. The van der Waals surface area contributed by atoms with Gasteiger partial charge in [-0.05, 0) is 72.7 Å². The number of amides is 1. The van der Waals surface area contributed by atoms with Crippen molar-refractivity contribution in [2.45, 2.75) is 38.6 Å². The Morgan fingerprint density at radius 2 is 1.81 bits per heavy atom. The molecule has 7 heteroatoms. The van der Waals surface area contributed by atoms with Crippen LogP contribution in [0.5, 0.6) is 5.75 Å². The third-order valence-corrected chi connectivity index (χ3v) is 7.06. The van der Waals surface area contributed by atoms with Gasteiger partial charge in [-0.2, -0.15) is 0 Å². The van der Waals surface area contributed by atoms with Crippen LogP contribution in [-0.4, -0.2) is 35.5 Å². The fourth-order valence-corrected chi connectivity index (χ4v) is 5.01. The number of ether oxygens (including phenoxy) is 1. The maximum Gasteiger partial charge on any atom is 0.270 e. The van der Waals surface area contributed by atoms with Crippen LogP contribution >= 0.6 is 0 Å². The summed E-state index contributed by atoms with van der Waals surface area (Å²) in [4.78, 5) is 19.7. The average molecular weight is 487 g/mol. The molecule has 5 rings (SSSR count). The molecule has 1 N–H and O–H groups in total. The van der Waals surface area contributed by atoms with Crippen molar-refractivity contribution < 1.29 is 13.9 Å². The Morgan fingerprint density at radius 3 is 2.47 bits per heavy atom. The number of piperidine rings is 1. The first-order chi connectivity index (χ1) is 17.6. The number of anilines is 1. The summed E-state index contributed by atoms with van der Waals surface area (Å²) in [5.74, 6) is 0.776. The number of aromatic nitrogens is 2. The van der Waals surface area contributed by atoms with Crippen LogP contribution in [-0.2, 0) is 13.0 Å².